The van der Waals surface area contributed by atoms with Crippen molar-refractivity contribution in [3.63, 3.8) is 0 Å². The first kappa shape index (κ1) is 15.8. The van der Waals surface area contributed by atoms with E-state index in [1.807, 2.05) is 18.2 Å². The summed E-state index contributed by atoms with van der Waals surface area (Å²) in [6.45, 7) is 0.231. The Hall–Kier alpha value is -2.11. The lowest BCUT2D eigenvalue weighted by Gasteiger charge is -2.07. The molecule has 1 N–H and O–H groups in total. The molecular formula is C17H11BrClNO3. The molecule has 0 saturated heterocycles. The SMILES string of the molecule is O=C(NCc1ccccc1Cl)c1cc2cc(Br)ccc2oc1=O. The summed E-state index contributed by atoms with van der Waals surface area (Å²) < 4.78 is 6.02. The third-order valence-corrected chi connectivity index (χ3v) is 4.20. The maximum atomic E-state index is 12.3. The topological polar surface area (TPSA) is 59.3 Å². The number of halogens is 2. The average Bonchev–Trinajstić information content (AvgIpc) is 2.53. The van der Waals surface area contributed by atoms with Crippen LogP contribution in [0.4, 0.5) is 0 Å². The van der Waals surface area contributed by atoms with Gasteiger partial charge in [-0.25, -0.2) is 4.79 Å². The van der Waals surface area contributed by atoms with Crippen molar-refractivity contribution in [1.82, 2.24) is 5.32 Å². The lowest BCUT2D eigenvalue weighted by molar-refractivity contribution is 0.0947. The Kier molecular flexibility index (Phi) is 4.50. The lowest BCUT2D eigenvalue weighted by atomic mass is 10.1. The van der Waals surface area contributed by atoms with Crippen LogP contribution in [-0.2, 0) is 6.54 Å². The van der Waals surface area contributed by atoms with Gasteiger partial charge >= 0.3 is 5.63 Å². The van der Waals surface area contributed by atoms with E-state index >= 15 is 0 Å². The van der Waals surface area contributed by atoms with Gasteiger partial charge in [-0.05, 0) is 35.9 Å². The number of amides is 1. The van der Waals surface area contributed by atoms with E-state index in [2.05, 4.69) is 21.2 Å². The van der Waals surface area contributed by atoms with E-state index in [1.54, 1.807) is 24.3 Å². The minimum absolute atomic E-state index is 0.0392. The van der Waals surface area contributed by atoms with Gasteiger partial charge in [0.15, 0.2) is 0 Å². The molecule has 0 saturated carbocycles. The molecule has 0 bridgehead atoms. The molecule has 1 amide bonds. The minimum atomic E-state index is -0.670. The molecule has 116 valence electrons. The average molecular weight is 393 g/mol. The number of rotatable bonds is 3. The fraction of sp³-hybridized carbons (Fsp3) is 0.0588. The Labute approximate surface area is 145 Å². The van der Waals surface area contributed by atoms with E-state index in [9.17, 15) is 9.59 Å². The van der Waals surface area contributed by atoms with Crippen molar-refractivity contribution in [3.8, 4) is 0 Å². The standard InChI is InChI=1S/C17H11BrClNO3/c18-12-5-6-15-11(7-12)8-13(17(22)23-15)16(21)20-9-10-3-1-2-4-14(10)19/h1-8H,9H2,(H,20,21). The summed E-state index contributed by atoms with van der Waals surface area (Å²) in [5.41, 5.74) is 0.496. The van der Waals surface area contributed by atoms with E-state index in [0.717, 1.165) is 10.0 Å². The Bertz CT molecular complexity index is 952. The molecule has 0 aliphatic heterocycles. The van der Waals surface area contributed by atoms with E-state index < -0.39 is 11.5 Å². The van der Waals surface area contributed by atoms with Gasteiger partial charge in [-0.3, -0.25) is 4.79 Å². The second-order valence-electron chi connectivity index (χ2n) is 4.90. The van der Waals surface area contributed by atoms with Gasteiger partial charge in [0, 0.05) is 21.4 Å². The third kappa shape index (κ3) is 3.46. The summed E-state index contributed by atoms with van der Waals surface area (Å²) in [4.78, 5) is 24.2. The largest absolute Gasteiger partial charge is 0.422 e. The smallest absolute Gasteiger partial charge is 0.349 e. The zero-order valence-corrected chi connectivity index (χ0v) is 14.1. The molecule has 0 aliphatic carbocycles. The van der Waals surface area contributed by atoms with Gasteiger partial charge in [0.05, 0.1) is 0 Å². The summed E-state index contributed by atoms with van der Waals surface area (Å²) in [6.07, 6.45) is 0. The normalized spacial score (nSPS) is 10.7. The molecule has 1 heterocycles. The summed E-state index contributed by atoms with van der Waals surface area (Å²) in [5.74, 6) is -0.499. The molecule has 0 radical (unpaired) electrons. The number of carbonyl (C=O) groups is 1. The van der Waals surface area contributed by atoms with Gasteiger partial charge in [-0.15, -0.1) is 0 Å². The summed E-state index contributed by atoms with van der Waals surface area (Å²) in [7, 11) is 0. The molecule has 2 aromatic carbocycles. The second-order valence-corrected chi connectivity index (χ2v) is 6.23. The first-order chi connectivity index (χ1) is 11.0. The predicted octanol–water partition coefficient (Wildman–Crippen LogP) is 4.14. The zero-order valence-electron chi connectivity index (χ0n) is 11.8. The Morgan fingerprint density at radius 2 is 1.96 bits per heavy atom. The highest BCUT2D eigenvalue weighted by Crippen LogP contribution is 2.19. The molecule has 0 aliphatic rings. The van der Waals surface area contributed by atoms with Crippen molar-refractivity contribution < 1.29 is 9.21 Å². The number of hydrogen-bond acceptors (Lipinski definition) is 3. The van der Waals surface area contributed by atoms with Gasteiger partial charge in [0.1, 0.15) is 11.1 Å². The van der Waals surface area contributed by atoms with Crippen LogP contribution >= 0.6 is 27.5 Å². The van der Waals surface area contributed by atoms with Gasteiger partial charge in [0.2, 0.25) is 0 Å². The van der Waals surface area contributed by atoms with E-state index in [1.165, 1.54) is 6.07 Å². The summed E-state index contributed by atoms with van der Waals surface area (Å²) in [5, 5.41) is 3.91. The molecule has 0 spiro atoms. The first-order valence-corrected chi connectivity index (χ1v) is 7.97. The number of fused-ring (bicyclic) bond motifs is 1. The van der Waals surface area contributed by atoms with Crippen LogP contribution in [0, 0.1) is 0 Å². The van der Waals surface area contributed by atoms with Crippen LogP contribution in [0.5, 0.6) is 0 Å². The lowest BCUT2D eigenvalue weighted by Crippen LogP contribution is -2.27. The fourth-order valence-corrected chi connectivity index (χ4v) is 2.75. The molecule has 6 heteroatoms. The molecule has 4 nitrogen and oxygen atoms in total. The van der Waals surface area contributed by atoms with Crippen LogP contribution in [0.15, 0.2) is 62.2 Å². The van der Waals surface area contributed by atoms with Crippen molar-refractivity contribution in [2.75, 3.05) is 0 Å². The monoisotopic (exact) mass is 391 g/mol. The summed E-state index contributed by atoms with van der Waals surface area (Å²) in [6, 6.07) is 13.9. The quantitative estimate of drug-likeness (QED) is 0.682. The highest BCUT2D eigenvalue weighted by Gasteiger charge is 2.14. The van der Waals surface area contributed by atoms with Crippen LogP contribution in [0.25, 0.3) is 11.0 Å². The zero-order chi connectivity index (χ0) is 16.4. The number of nitrogens with one attached hydrogen (secondary N) is 1. The van der Waals surface area contributed by atoms with Crippen molar-refractivity contribution in [2.45, 2.75) is 6.54 Å². The van der Waals surface area contributed by atoms with Crippen LogP contribution in [0.3, 0.4) is 0 Å². The Morgan fingerprint density at radius 1 is 1.17 bits per heavy atom. The maximum absolute atomic E-state index is 12.3. The van der Waals surface area contributed by atoms with Gasteiger partial charge in [0.25, 0.3) is 5.91 Å². The third-order valence-electron chi connectivity index (χ3n) is 3.34. The Balaban J connectivity index is 1.87. The molecule has 0 unspecified atom stereocenters. The van der Waals surface area contributed by atoms with Crippen LogP contribution in [-0.4, -0.2) is 5.91 Å². The van der Waals surface area contributed by atoms with Crippen molar-refractivity contribution >= 4 is 44.4 Å². The summed E-state index contributed by atoms with van der Waals surface area (Å²) >= 11 is 9.39. The highest BCUT2D eigenvalue weighted by atomic mass is 79.9. The molecule has 0 fully saturated rings. The first-order valence-electron chi connectivity index (χ1n) is 6.79. The number of benzene rings is 2. The fourth-order valence-electron chi connectivity index (χ4n) is 2.17. The van der Waals surface area contributed by atoms with E-state index in [0.29, 0.717) is 16.0 Å². The van der Waals surface area contributed by atoms with Crippen molar-refractivity contribution in [2.24, 2.45) is 0 Å². The van der Waals surface area contributed by atoms with E-state index in [4.69, 9.17) is 16.0 Å². The van der Waals surface area contributed by atoms with Crippen LogP contribution < -0.4 is 10.9 Å². The van der Waals surface area contributed by atoms with E-state index in [-0.39, 0.29) is 12.1 Å². The molecule has 3 aromatic rings. The molecule has 3 rings (SSSR count). The number of carbonyl (C=O) groups excluding carboxylic acids is 1. The molecule has 1 aromatic heterocycles. The second kappa shape index (κ2) is 6.56. The number of hydrogen-bond donors (Lipinski definition) is 1. The van der Waals surface area contributed by atoms with Gasteiger partial charge in [-0.1, -0.05) is 45.7 Å². The predicted molar refractivity (Wildman–Crippen MR) is 92.8 cm³/mol. The van der Waals surface area contributed by atoms with Crippen molar-refractivity contribution in [3.05, 3.63) is 79.6 Å². The molecule has 23 heavy (non-hydrogen) atoms. The maximum Gasteiger partial charge on any atom is 0.349 e. The van der Waals surface area contributed by atoms with Gasteiger partial charge < -0.3 is 9.73 Å². The van der Waals surface area contributed by atoms with Crippen LogP contribution in [0.1, 0.15) is 15.9 Å². The Morgan fingerprint density at radius 3 is 2.74 bits per heavy atom. The molecular weight excluding hydrogens is 382 g/mol. The molecule has 0 atom stereocenters. The van der Waals surface area contributed by atoms with Gasteiger partial charge in [-0.2, -0.15) is 0 Å². The van der Waals surface area contributed by atoms with Crippen LogP contribution in [0.2, 0.25) is 5.02 Å². The minimum Gasteiger partial charge on any atom is -0.422 e. The highest BCUT2D eigenvalue weighted by molar-refractivity contribution is 9.10. The van der Waals surface area contributed by atoms with Crippen molar-refractivity contribution in [1.29, 1.82) is 0 Å².